The number of hydrogen-bond donors (Lipinski definition) is 0. The number of aromatic nitrogens is 3. The molecule has 0 amide bonds. The predicted molar refractivity (Wildman–Crippen MR) is 89.0 cm³/mol. The molecule has 2 aromatic heterocycles. The molecule has 0 fully saturated rings. The lowest BCUT2D eigenvalue weighted by Crippen LogP contribution is -2.06. The highest BCUT2D eigenvalue weighted by molar-refractivity contribution is 7.84. The minimum Gasteiger partial charge on any atom is -0.328 e. The zero-order valence-corrected chi connectivity index (χ0v) is 14.1. The van der Waals surface area contributed by atoms with E-state index < -0.39 is 10.8 Å². The Kier molecular flexibility index (Phi) is 5.91. The molecule has 0 saturated heterocycles. The van der Waals surface area contributed by atoms with E-state index in [2.05, 4.69) is 23.4 Å². The maximum absolute atomic E-state index is 11.2. The molecule has 2 aromatic rings. The summed E-state index contributed by atoms with van der Waals surface area (Å²) in [4.78, 5) is 9.02. The smallest absolute Gasteiger partial charge is 0.109 e. The van der Waals surface area contributed by atoms with Gasteiger partial charge in [-0.1, -0.05) is 13.3 Å². The molecule has 4 nitrogen and oxygen atoms in total. The lowest BCUT2D eigenvalue weighted by Gasteiger charge is -2.10. The number of rotatable bonds is 8. The van der Waals surface area contributed by atoms with Gasteiger partial charge in [-0.05, 0) is 31.7 Å². The summed E-state index contributed by atoms with van der Waals surface area (Å²) in [5.41, 5.74) is 3.40. The van der Waals surface area contributed by atoms with Crippen LogP contribution in [-0.4, -0.2) is 30.8 Å². The maximum Gasteiger partial charge on any atom is 0.109 e. The summed E-state index contributed by atoms with van der Waals surface area (Å²) in [5, 5.41) is 0. The Morgan fingerprint density at radius 3 is 2.76 bits per heavy atom. The van der Waals surface area contributed by atoms with Gasteiger partial charge >= 0.3 is 0 Å². The SMILES string of the molecule is CCCCc1nc2cncc(C)c2n1CCCCS(C)=O. The van der Waals surface area contributed by atoms with Crippen molar-refractivity contribution in [1.29, 1.82) is 0 Å². The van der Waals surface area contributed by atoms with E-state index in [1.807, 2.05) is 12.4 Å². The summed E-state index contributed by atoms with van der Waals surface area (Å²) in [5.74, 6) is 1.96. The van der Waals surface area contributed by atoms with Gasteiger partial charge in [-0.15, -0.1) is 0 Å². The van der Waals surface area contributed by atoms with Gasteiger partial charge in [0.1, 0.15) is 11.3 Å². The molecule has 0 aliphatic rings. The predicted octanol–water partition coefficient (Wildman–Crippen LogP) is 3.24. The molecule has 0 saturated carbocycles. The minimum absolute atomic E-state index is 0.690. The van der Waals surface area contributed by atoms with Crippen molar-refractivity contribution in [3.05, 3.63) is 23.8 Å². The van der Waals surface area contributed by atoms with Gasteiger partial charge in [0.15, 0.2) is 0 Å². The summed E-state index contributed by atoms with van der Waals surface area (Å²) < 4.78 is 13.5. The second kappa shape index (κ2) is 7.69. The van der Waals surface area contributed by atoms with Crippen LogP contribution < -0.4 is 0 Å². The fourth-order valence-electron chi connectivity index (χ4n) is 2.65. The van der Waals surface area contributed by atoms with Crippen LogP contribution in [0.3, 0.4) is 0 Å². The van der Waals surface area contributed by atoms with E-state index in [9.17, 15) is 4.21 Å². The van der Waals surface area contributed by atoms with Crippen LogP contribution in [0.4, 0.5) is 0 Å². The van der Waals surface area contributed by atoms with Crippen LogP contribution in [0.25, 0.3) is 11.0 Å². The molecule has 0 aromatic carbocycles. The van der Waals surface area contributed by atoms with Crippen molar-refractivity contribution in [2.75, 3.05) is 12.0 Å². The average Bonchev–Trinajstić information content (AvgIpc) is 2.80. The minimum atomic E-state index is -0.690. The largest absolute Gasteiger partial charge is 0.328 e. The monoisotopic (exact) mass is 307 g/mol. The number of unbranched alkanes of at least 4 members (excludes halogenated alkanes) is 2. The summed E-state index contributed by atoms with van der Waals surface area (Å²) in [6.07, 6.45) is 10.9. The third-order valence-electron chi connectivity index (χ3n) is 3.73. The number of hydrogen-bond acceptors (Lipinski definition) is 3. The number of imidazole rings is 1. The first-order chi connectivity index (χ1) is 10.1. The van der Waals surface area contributed by atoms with Gasteiger partial charge < -0.3 is 4.57 Å². The van der Waals surface area contributed by atoms with Crippen molar-refractivity contribution < 1.29 is 4.21 Å². The van der Waals surface area contributed by atoms with Crippen LogP contribution in [0.15, 0.2) is 12.4 Å². The number of nitrogens with zero attached hydrogens (tertiary/aromatic N) is 3. The van der Waals surface area contributed by atoms with Crippen molar-refractivity contribution in [1.82, 2.24) is 14.5 Å². The van der Waals surface area contributed by atoms with E-state index in [1.54, 1.807) is 6.26 Å². The molecule has 5 heteroatoms. The Balaban J connectivity index is 2.22. The highest BCUT2D eigenvalue weighted by atomic mass is 32.2. The topological polar surface area (TPSA) is 47.8 Å². The van der Waals surface area contributed by atoms with Crippen LogP contribution in [0, 0.1) is 6.92 Å². The highest BCUT2D eigenvalue weighted by Gasteiger charge is 2.12. The zero-order chi connectivity index (χ0) is 15.2. The fourth-order valence-corrected chi connectivity index (χ4v) is 3.26. The number of pyridine rings is 1. The first-order valence-electron chi connectivity index (χ1n) is 7.73. The molecule has 2 rings (SSSR count). The van der Waals surface area contributed by atoms with E-state index in [0.717, 1.165) is 43.5 Å². The van der Waals surface area contributed by atoms with Crippen LogP contribution in [-0.2, 0) is 23.8 Å². The number of aryl methyl sites for hydroxylation is 3. The zero-order valence-electron chi connectivity index (χ0n) is 13.3. The lowest BCUT2D eigenvalue weighted by molar-refractivity contribution is 0.602. The molecule has 1 atom stereocenters. The van der Waals surface area contributed by atoms with Gasteiger partial charge in [0.25, 0.3) is 0 Å². The summed E-state index contributed by atoms with van der Waals surface area (Å²) >= 11 is 0. The van der Waals surface area contributed by atoms with E-state index in [1.165, 1.54) is 23.3 Å². The molecule has 1 unspecified atom stereocenters. The van der Waals surface area contributed by atoms with Gasteiger partial charge in [-0.25, -0.2) is 4.98 Å². The van der Waals surface area contributed by atoms with Crippen molar-refractivity contribution >= 4 is 21.8 Å². The highest BCUT2D eigenvalue weighted by Crippen LogP contribution is 2.21. The quantitative estimate of drug-likeness (QED) is 0.703. The first kappa shape index (κ1) is 16.1. The standard InChI is InChI=1S/C16H25N3OS/c1-4-5-8-15-18-14-12-17-11-13(2)16(14)19(15)9-6-7-10-21(3)20/h11-12H,4-10H2,1-3H3. The van der Waals surface area contributed by atoms with Crippen molar-refractivity contribution in [3.8, 4) is 0 Å². The molecular weight excluding hydrogens is 282 g/mol. The van der Waals surface area contributed by atoms with Gasteiger partial charge in [0.2, 0.25) is 0 Å². The molecule has 0 bridgehead atoms. The molecule has 0 aliphatic heterocycles. The summed E-state index contributed by atoms with van der Waals surface area (Å²) in [6, 6.07) is 0. The second-order valence-electron chi connectivity index (χ2n) is 5.59. The average molecular weight is 307 g/mol. The Hall–Kier alpha value is -1.23. The third-order valence-corrected chi connectivity index (χ3v) is 4.59. The molecule has 21 heavy (non-hydrogen) atoms. The normalized spacial score (nSPS) is 12.9. The molecular formula is C16H25N3OS. The number of fused-ring (bicyclic) bond motifs is 1. The summed E-state index contributed by atoms with van der Waals surface area (Å²) in [6.45, 7) is 5.26. The maximum atomic E-state index is 11.2. The van der Waals surface area contributed by atoms with E-state index in [0.29, 0.717) is 0 Å². The van der Waals surface area contributed by atoms with Crippen molar-refractivity contribution in [2.45, 2.75) is 52.5 Å². The Morgan fingerprint density at radius 1 is 1.24 bits per heavy atom. The fraction of sp³-hybridized carbons (Fsp3) is 0.625. The van der Waals surface area contributed by atoms with E-state index >= 15 is 0 Å². The Labute approximate surface area is 129 Å². The van der Waals surface area contributed by atoms with Crippen LogP contribution in [0.2, 0.25) is 0 Å². The van der Waals surface area contributed by atoms with Gasteiger partial charge in [0, 0.05) is 42.0 Å². The van der Waals surface area contributed by atoms with E-state index in [4.69, 9.17) is 4.98 Å². The Bertz CT molecular complexity index is 621. The van der Waals surface area contributed by atoms with Crippen LogP contribution in [0.1, 0.15) is 44.0 Å². The second-order valence-corrected chi connectivity index (χ2v) is 7.15. The molecule has 2 heterocycles. The van der Waals surface area contributed by atoms with Crippen molar-refractivity contribution in [3.63, 3.8) is 0 Å². The summed E-state index contributed by atoms with van der Waals surface area (Å²) in [7, 11) is -0.690. The molecule has 0 spiro atoms. The van der Waals surface area contributed by atoms with Crippen LogP contribution in [0.5, 0.6) is 0 Å². The molecule has 116 valence electrons. The third kappa shape index (κ3) is 4.13. The molecule has 0 N–H and O–H groups in total. The Morgan fingerprint density at radius 2 is 2.05 bits per heavy atom. The van der Waals surface area contributed by atoms with Crippen LogP contribution >= 0.6 is 0 Å². The lowest BCUT2D eigenvalue weighted by atomic mass is 10.2. The molecule has 0 radical (unpaired) electrons. The first-order valence-corrected chi connectivity index (χ1v) is 9.46. The van der Waals surface area contributed by atoms with Gasteiger partial charge in [-0.3, -0.25) is 9.19 Å². The van der Waals surface area contributed by atoms with E-state index in [-0.39, 0.29) is 0 Å². The van der Waals surface area contributed by atoms with Gasteiger partial charge in [0.05, 0.1) is 11.7 Å². The van der Waals surface area contributed by atoms with Gasteiger partial charge in [-0.2, -0.15) is 0 Å². The molecule has 0 aliphatic carbocycles. The van der Waals surface area contributed by atoms with Crippen molar-refractivity contribution in [2.24, 2.45) is 0 Å².